The fourth-order valence-electron chi connectivity index (χ4n) is 4.83. The largest absolute Gasteiger partial charge is 0.372 e. The Morgan fingerprint density at radius 2 is 1.61 bits per heavy atom. The number of rotatable bonds is 5. The van der Waals surface area contributed by atoms with E-state index in [1.807, 2.05) is 68.1 Å². The van der Waals surface area contributed by atoms with Gasteiger partial charge in [-0.15, -0.1) is 0 Å². The lowest BCUT2D eigenvalue weighted by Crippen LogP contribution is -2.25. The highest BCUT2D eigenvalue weighted by Gasteiger charge is 2.26. The van der Waals surface area contributed by atoms with Crippen LogP contribution in [-0.2, 0) is 9.59 Å². The van der Waals surface area contributed by atoms with Crippen molar-refractivity contribution in [3.8, 4) is 0 Å². The minimum atomic E-state index is -0.0109. The summed E-state index contributed by atoms with van der Waals surface area (Å²) >= 11 is 0. The average Bonchev–Trinajstić information content (AvgIpc) is 3.30. The molecule has 2 atom stereocenters. The highest BCUT2D eigenvalue weighted by Crippen LogP contribution is 2.25. The van der Waals surface area contributed by atoms with Gasteiger partial charge in [0.05, 0.1) is 0 Å². The first kappa shape index (κ1) is 35.1. The average molecular weight is 528 g/mol. The fraction of sp³-hybridized carbons (Fsp3) is 0.594. The van der Waals surface area contributed by atoms with E-state index in [0.29, 0.717) is 12.6 Å². The molecular formula is C32H53N3O3. The SMILES string of the molecule is CC.CC1CCCCC1.CCC[C@@H]1CC(C)N(C=O)C1.CCNC(=O)c1ccc2ccccc2c1.NC=O. The number of primary amides is 1. The third kappa shape index (κ3) is 14.2. The van der Waals surface area contributed by atoms with Crippen LogP contribution in [0.1, 0.15) is 103 Å². The molecule has 2 aromatic carbocycles. The number of nitrogens with two attached hydrogens (primary N) is 1. The maximum atomic E-state index is 11.6. The second-order valence-electron chi connectivity index (χ2n) is 9.84. The van der Waals surface area contributed by atoms with Gasteiger partial charge in [-0.25, -0.2) is 0 Å². The molecule has 0 radical (unpaired) electrons. The van der Waals surface area contributed by atoms with Crippen LogP contribution in [0, 0.1) is 11.8 Å². The summed E-state index contributed by atoms with van der Waals surface area (Å²) in [6.07, 6.45) is 12.4. The molecule has 0 aromatic heterocycles. The molecule has 0 bridgehead atoms. The van der Waals surface area contributed by atoms with Crippen molar-refractivity contribution in [2.75, 3.05) is 13.1 Å². The number of hydrogen-bond acceptors (Lipinski definition) is 3. The van der Waals surface area contributed by atoms with Gasteiger partial charge in [-0.3, -0.25) is 14.4 Å². The number of likely N-dealkylation sites (tertiary alicyclic amines) is 1. The van der Waals surface area contributed by atoms with E-state index in [0.717, 1.165) is 41.1 Å². The summed E-state index contributed by atoms with van der Waals surface area (Å²) in [4.78, 5) is 32.6. The van der Waals surface area contributed by atoms with Crippen molar-refractivity contribution >= 4 is 29.5 Å². The van der Waals surface area contributed by atoms with Crippen LogP contribution in [0.2, 0.25) is 0 Å². The molecule has 4 rings (SSSR count). The van der Waals surface area contributed by atoms with Crippen LogP contribution >= 0.6 is 0 Å². The van der Waals surface area contributed by atoms with Crippen molar-refractivity contribution in [1.82, 2.24) is 10.2 Å². The number of hydrogen-bond donors (Lipinski definition) is 2. The number of nitrogens with zero attached hydrogens (tertiary/aromatic N) is 1. The predicted molar refractivity (Wildman–Crippen MR) is 161 cm³/mol. The Hall–Kier alpha value is -2.89. The van der Waals surface area contributed by atoms with Gasteiger partial charge in [-0.1, -0.05) is 96.6 Å². The van der Waals surface area contributed by atoms with Crippen LogP contribution < -0.4 is 11.1 Å². The van der Waals surface area contributed by atoms with Gasteiger partial charge in [0.1, 0.15) is 0 Å². The van der Waals surface area contributed by atoms with Crippen LogP contribution in [-0.4, -0.2) is 42.8 Å². The van der Waals surface area contributed by atoms with Gasteiger partial charge < -0.3 is 16.0 Å². The van der Waals surface area contributed by atoms with Gasteiger partial charge in [0, 0.05) is 24.7 Å². The van der Waals surface area contributed by atoms with Crippen molar-refractivity contribution in [3.05, 3.63) is 48.0 Å². The molecule has 6 nitrogen and oxygen atoms in total. The summed E-state index contributed by atoms with van der Waals surface area (Å²) in [5, 5.41) is 5.04. The molecule has 1 heterocycles. The molecule has 1 aliphatic heterocycles. The topological polar surface area (TPSA) is 92.5 Å². The summed E-state index contributed by atoms with van der Waals surface area (Å²) in [5.74, 6) is 1.79. The van der Waals surface area contributed by atoms with E-state index in [4.69, 9.17) is 4.79 Å². The van der Waals surface area contributed by atoms with E-state index in [1.165, 1.54) is 51.4 Å². The second-order valence-corrected chi connectivity index (χ2v) is 9.84. The molecule has 2 aromatic rings. The lowest BCUT2D eigenvalue weighted by atomic mass is 9.91. The summed E-state index contributed by atoms with van der Waals surface area (Å²) in [5.41, 5.74) is 4.88. The van der Waals surface area contributed by atoms with Gasteiger partial charge in [0.15, 0.2) is 0 Å². The summed E-state index contributed by atoms with van der Waals surface area (Å²) in [6, 6.07) is 14.2. The van der Waals surface area contributed by atoms with Gasteiger partial charge in [0.25, 0.3) is 5.91 Å². The van der Waals surface area contributed by atoms with Crippen molar-refractivity contribution in [3.63, 3.8) is 0 Å². The second kappa shape index (κ2) is 22.1. The molecule has 1 saturated carbocycles. The Balaban J connectivity index is 0.000000523. The van der Waals surface area contributed by atoms with E-state index in [1.54, 1.807) is 0 Å². The molecular weight excluding hydrogens is 474 g/mol. The third-order valence-electron chi connectivity index (χ3n) is 6.78. The standard InChI is InChI=1S/C13H13NO.C9H17NO.C7H14.C2H6.CH3NO/c1-2-14-13(15)12-8-7-10-5-3-4-6-11(10)9-12;1-3-4-9-5-8(2)10(6-9)7-11;1-7-5-3-2-4-6-7;1-2;2-1-3/h3-9H,2H2,1H3,(H,14,15);7-9H,3-6H2,1-2H3;7H,2-6H2,1H3;1-2H3;1H,(H2,2,3)/t;8?,9-;;;/m.1.../s1. The van der Waals surface area contributed by atoms with Crippen LogP contribution in [0.3, 0.4) is 0 Å². The normalized spacial score (nSPS) is 18.1. The Bertz CT molecular complexity index is 896. The smallest absolute Gasteiger partial charge is 0.251 e. The van der Waals surface area contributed by atoms with Crippen LogP contribution in [0.4, 0.5) is 0 Å². The summed E-state index contributed by atoms with van der Waals surface area (Å²) in [7, 11) is 0. The van der Waals surface area contributed by atoms with Crippen molar-refractivity contribution < 1.29 is 14.4 Å². The Kier molecular flexibility index (Phi) is 20.4. The number of fused-ring (bicyclic) bond motifs is 1. The number of carbonyl (C=O) groups is 3. The number of carbonyl (C=O) groups excluding carboxylic acids is 3. The first-order valence-corrected chi connectivity index (χ1v) is 14.5. The quantitative estimate of drug-likeness (QED) is 0.412. The van der Waals surface area contributed by atoms with Crippen LogP contribution in [0.25, 0.3) is 10.8 Å². The summed E-state index contributed by atoms with van der Waals surface area (Å²) in [6.45, 7) is 14.3. The van der Waals surface area contributed by atoms with E-state index in [2.05, 4.69) is 31.8 Å². The predicted octanol–water partition coefficient (Wildman–Crippen LogP) is 6.96. The number of amides is 3. The van der Waals surface area contributed by atoms with Gasteiger partial charge in [0.2, 0.25) is 12.8 Å². The maximum absolute atomic E-state index is 11.6. The Labute approximate surface area is 231 Å². The van der Waals surface area contributed by atoms with Crippen molar-refractivity contribution in [2.24, 2.45) is 17.6 Å². The minimum absolute atomic E-state index is 0.0109. The zero-order valence-corrected chi connectivity index (χ0v) is 24.7. The molecule has 3 N–H and O–H groups in total. The Morgan fingerprint density at radius 1 is 1.00 bits per heavy atom. The molecule has 1 saturated heterocycles. The molecule has 1 unspecified atom stereocenters. The molecule has 214 valence electrons. The number of benzene rings is 2. The van der Waals surface area contributed by atoms with Gasteiger partial charge in [-0.05, 0) is 61.4 Å². The van der Waals surface area contributed by atoms with Gasteiger partial charge in [-0.2, -0.15) is 0 Å². The molecule has 6 heteroatoms. The van der Waals surface area contributed by atoms with Crippen LogP contribution in [0.5, 0.6) is 0 Å². The monoisotopic (exact) mass is 527 g/mol. The first-order chi connectivity index (χ1) is 18.4. The van der Waals surface area contributed by atoms with Crippen molar-refractivity contribution in [1.29, 1.82) is 0 Å². The van der Waals surface area contributed by atoms with Gasteiger partial charge >= 0.3 is 0 Å². The molecule has 1 aliphatic carbocycles. The maximum Gasteiger partial charge on any atom is 0.251 e. The molecule has 2 aliphatic rings. The van der Waals surface area contributed by atoms with E-state index < -0.39 is 0 Å². The highest BCUT2D eigenvalue weighted by atomic mass is 16.1. The first-order valence-electron chi connectivity index (χ1n) is 14.5. The molecule has 3 amide bonds. The van der Waals surface area contributed by atoms with E-state index in [-0.39, 0.29) is 12.3 Å². The number of nitrogens with one attached hydrogen (secondary N) is 1. The molecule has 2 fully saturated rings. The van der Waals surface area contributed by atoms with E-state index >= 15 is 0 Å². The van der Waals surface area contributed by atoms with Crippen LogP contribution in [0.15, 0.2) is 42.5 Å². The zero-order chi connectivity index (χ0) is 28.8. The minimum Gasteiger partial charge on any atom is -0.372 e. The van der Waals surface area contributed by atoms with Crippen molar-refractivity contribution in [2.45, 2.75) is 99.0 Å². The lowest BCUT2D eigenvalue weighted by Gasteiger charge is -2.15. The lowest BCUT2D eigenvalue weighted by molar-refractivity contribution is -0.118. The third-order valence-corrected chi connectivity index (χ3v) is 6.78. The summed E-state index contributed by atoms with van der Waals surface area (Å²) < 4.78 is 0. The highest BCUT2D eigenvalue weighted by molar-refractivity contribution is 5.98. The zero-order valence-electron chi connectivity index (χ0n) is 24.7. The van der Waals surface area contributed by atoms with E-state index in [9.17, 15) is 9.59 Å². The molecule has 0 spiro atoms. The fourth-order valence-corrected chi connectivity index (χ4v) is 4.83. The molecule has 38 heavy (non-hydrogen) atoms. The Morgan fingerprint density at radius 3 is 2.08 bits per heavy atom.